The maximum Gasteiger partial charge on any atom is 0.317 e. The van der Waals surface area contributed by atoms with E-state index in [2.05, 4.69) is 27.3 Å². The number of rotatable bonds is 5. The Morgan fingerprint density at radius 2 is 1.80 bits per heavy atom. The van der Waals surface area contributed by atoms with Crippen LogP contribution in [0.3, 0.4) is 0 Å². The van der Waals surface area contributed by atoms with E-state index in [1.807, 2.05) is 50.5 Å². The normalized spacial score (nSPS) is 10.7. The molecule has 0 fully saturated rings. The van der Waals surface area contributed by atoms with Crippen molar-refractivity contribution in [1.29, 1.82) is 0 Å². The number of carbonyl (C=O) groups excluding carboxylic acids is 1. The number of thiazole rings is 1. The Hall–Kier alpha value is -2.60. The van der Waals surface area contributed by atoms with E-state index in [9.17, 15) is 4.79 Å². The predicted molar refractivity (Wildman–Crippen MR) is 104 cm³/mol. The maximum atomic E-state index is 12.3. The summed E-state index contributed by atoms with van der Waals surface area (Å²) in [5, 5.41) is 3.85. The van der Waals surface area contributed by atoms with E-state index in [1.165, 1.54) is 0 Å². The Labute approximate surface area is 151 Å². The molecule has 0 unspecified atom stereocenters. The monoisotopic (exact) mass is 354 g/mol. The predicted octanol–water partition coefficient (Wildman–Crippen LogP) is 3.70. The van der Waals surface area contributed by atoms with Gasteiger partial charge >= 0.3 is 6.03 Å². The van der Waals surface area contributed by atoms with Crippen LogP contribution in [-0.2, 0) is 13.1 Å². The van der Waals surface area contributed by atoms with Crippen molar-refractivity contribution in [1.82, 2.24) is 15.2 Å². The summed E-state index contributed by atoms with van der Waals surface area (Å²) in [5.41, 5.74) is 3.22. The van der Waals surface area contributed by atoms with Crippen molar-refractivity contribution < 1.29 is 4.79 Å². The lowest BCUT2D eigenvalue weighted by atomic mass is 10.2. The zero-order chi connectivity index (χ0) is 17.8. The summed E-state index contributed by atoms with van der Waals surface area (Å²) >= 11 is 1.61. The van der Waals surface area contributed by atoms with Gasteiger partial charge in [0.2, 0.25) is 0 Å². The van der Waals surface area contributed by atoms with Gasteiger partial charge < -0.3 is 15.1 Å². The average molecular weight is 354 g/mol. The van der Waals surface area contributed by atoms with Crippen molar-refractivity contribution in [2.24, 2.45) is 0 Å². The van der Waals surface area contributed by atoms with Gasteiger partial charge in [-0.05, 0) is 29.8 Å². The Bertz CT molecular complexity index is 824. The highest BCUT2D eigenvalue weighted by molar-refractivity contribution is 7.18. The van der Waals surface area contributed by atoms with Gasteiger partial charge in [0.05, 0.1) is 16.8 Å². The highest BCUT2D eigenvalue weighted by Gasteiger charge is 2.10. The van der Waals surface area contributed by atoms with Crippen molar-refractivity contribution in [3.05, 3.63) is 59.1 Å². The van der Waals surface area contributed by atoms with Gasteiger partial charge in [-0.1, -0.05) is 24.3 Å². The maximum absolute atomic E-state index is 12.3. The Morgan fingerprint density at radius 1 is 1.08 bits per heavy atom. The van der Waals surface area contributed by atoms with Crippen molar-refractivity contribution in [3.8, 4) is 0 Å². The van der Waals surface area contributed by atoms with Gasteiger partial charge in [-0.25, -0.2) is 9.78 Å². The first-order valence-electron chi connectivity index (χ1n) is 8.12. The van der Waals surface area contributed by atoms with E-state index in [-0.39, 0.29) is 6.03 Å². The second kappa shape index (κ2) is 7.53. The van der Waals surface area contributed by atoms with Crippen LogP contribution in [0.15, 0.2) is 48.5 Å². The van der Waals surface area contributed by atoms with Gasteiger partial charge in [-0.3, -0.25) is 0 Å². The van der Waals surface area contributed by atoms with Crippen LogP contribution in [0, 0.1) is 0 Å². The van der Waals surface area contributed by atoms with Crippen LogP contribution in [0.25, 0.3) is 10.2 Å². The highest BCUT2D eigenvalue weighted by atomic mass is 32.1. The van der Waals surface area contributed by atoms with E-state index in [0.29, 0.717) is 13.1 Å². The molecule has 0 aliphatic rings. The third-order valence-electron chi connectivity index (χ3n) is 3.95. The minimum absolute atomic E-state index is 0.101. The van der Waals surface area contributed by atoms with E-state index < -0.39 is 0 Å². The summed E-state index contributed by atoms with van der Waals surface area (Å²) in [6.07, 6.45) is 0. The first-order valence-corrected chi connectivity index (χ1v) is 8.94. The zero-order valence-corrected chi connectivity index (χ0v) is 15.5. The van der Waals surface area contributed by atoms with Crippen LogP contribution >= 0.6 is 11.3 Å². The number of para-hydroxylation sites is 1. The molecule has 1 N–H and O–H groups in total. The molecule has 1 aromatic heterocycles. The lowest BCUT2D eigenvalue weighted by Crippen LogP contribution is -2.36. The summed E-state index contributed by atoms with van der Waals surface area (Å²) in [7, 11) is 5.82. The summed E-state index contributed by atoms with van der Waals surface area (Å²) in [5.74, 6) is 0. The topological polar surface area (TPSA) is 48.5 Å². The molecule has 0 atom stereocenters. The number of nitrogens with zero attached hydrogens (tertiary/aromatic N) is 3. The molecule has 6 heteroatoms. The van der Waals surface area contributed by atoms with Gasteiger partial charge in [-0.15, -0.1) is 11.3 Å². The molecule has 3 rings (SSSR count). The minimum Gasteiger partial charge on any atom is -0.378 e. The molecule has 0 bridgehead atoms. The molecular weight excluding hydrogens is 332 g/mol. The molecule has 130 valence electrons. The number of carbonyl (C=O) groups is 1. The lowest BCUT2D eigenvalue weighted by Gasteiger charge is -2.18. The first kappa shape index (κ1) is 17.2. The summed E-state index contributed by atoms with van der Waals surface area (Å²) < 4.78 is 1.14. The fourth-order valence-electron chi connectivity index (χ4n) is 2.53. The summed E-state index contributed by atoms with van der Waals surface area (Å²) in [6, 6.07) is 16.1. The fourth-order valence-corrected chi connectivity index (χ4v) is 3.43. The van der Waals surface area contributed by atoms with Crippen LogP contribution in [0.2, 0.25) is 0 Å². The molecular formula is C19H22N4OS. The van der Waals surface area contributed by atoms with Crippen LogP contribution in [0.1, 0.15) is 10.6 Å². The number of anilines is 1. The molecule has 0 aliphatic heterocycles. The van der Waals surface area contributed by atoms with Crippen LogP contribution in [0.5, 0.6) is 0 Å². The zero-order valence-electron chi connectivity index (χ0n) is 14.7. The molecule has 2 amide bonds. The smallest absolute Gasteiger partial charge is 0.317 e. The fraction of sp³-hybridized carbons (Fsp3) is 0.263. The average Bonchev–Trinajstić information content (AvgIpc) is 3.03. The second-order valence-corrected chi connectivity index (χ2v) is 7.27. The number of fused-ring (bicyclic) bond motifs is 1. The molecule has 0 aliphatic carbocycles. The molecule has 0 spiro atoms. The van der Waals surface area contributed by atoms with E-state index in [0.717, 1.165) is 26.5 Å². The number of nitrogens with one attached hydrogen (secondary N) is 1. The Kier molecular flexibility index (Phi) is 5.19. The van der Waals surface area contributed by atoms with Gasteiger partial charge in [0.1, 0.15) is 5.01 Å². The SMILES string of the molecule is CN(Cc1ccc(N(C)C)cc1)C(=O)NCc1nc2ccccc2s1. The molecule has 25 heavy (non-hydrogen) atoms. The standard InChI is InChI=1S/C19H22N4OS/c1-22(2)15-10-8-14(9-11-15)13-23(3)19(24)20-12-18-21-16-6-4-5-7-17(16)25-18/h4-11H,12-13H2,1-3H3,(H,20,24). The Morgan fingerprint density at radius 3 is 2.48 bits per heavy atom. The summed E-state index contributed by atoms with van der Waals surface area (Å²) in [6.45, 7) is 1.02. The number of urea groups is 1. The lowest BCUT2D eigenvalue weighted by molar-refractivity contribution is 0.206. The van der Waals surface area contributed by atoms with E-state index in [4.69, 9.17) is 0 Å². The Balaban J connectivity index is 1.55. The number of amides is 2. The molecule has 0 saturated heterocycles. The molecule has 2 aromatic carbocycles. The number of hydrogen-bond donors (Lipinski definition) is 1. The van der Waals surface area contributed by atoms with E-state index in [1.54, 1.807) is 23.3 Å². The molecule has 0 radical (unpaired) electrons. The molecule has 1 heterocycles. The van der Waals surface area contributed by atoms with Gasteiger partial charge in [-0.2, -0.15) is 0 Å². The third-order valence-corrected chi connectivity index (χ3v) is 4.98. The second-order valence-electron chi connectivity index (χ2n) is 6.15. The van der Waals surface area contributed by atoms with Crippen molar-refractivity contribution in [2.75, 3.05) is 26.0 Å². The van der Waals surface area contributed by atoms with Crippen LogP contribution in [0.4, 0.5) is 10.5 Å². The number of benzene rings is 2. The largest absolute Gasteiger partial charge is 0.378 e. The molecule has 5 nitrogen and oxygen atoms in total. The van der Waals surface area contributed by atoms with Crippen molar-refractivity contribution in [2.45, 2.75) is 13.1 Å². The van der Waals surface area contributed by atoms with Crippen molar-refractivity contribution >= 4 is 33.3 Å². The quantitative estimate of drug-likeness (QED) is 0.760. The van der Waals surface area contributed by atoms with Crippen LogP contribution in [-0.4, -0.2) is 37.1 Å². The van der Waals surface area contributed by atoms with Crippen molar-refractivity contribution in [3.63, 3.8) is 0 Å². The summed E-state index contributed by atoms with van der Waals surface area (Å²) in [4.78, 5) is 20.6. The van der Waals surface area contributed by atoms with Crippen LogP contribution < -0.4 is 10.2 Å². The number of hydrogen-bond acceptors (Lipinski definition) is 4. The molecule has 0 saturated carbocycles. The number of aromatic nitrogens is 1. The van der Waals surface area contributed by atoms with Gasteiger partial charge in [0, 0.05) is 33.4 Å². The minimum atomic E-state index is -0.101. The molecule has 3 aromatic rings. The van der Waals surface area contributed by atoms with Gasteiger partial charge in [0.15, 0.2) is 0 Å². The third kappa shape index (κ3) is 4.28. The first-order chi connectivity index (χ1) is 12.0. The van der Waals surface area contributed by atoms with E-state index >= 15 is 0 Å². The highest BCUT2D eigenvalue weighted by Crippen LogP contribution is 2.21. The van der Waals surface area contributed by atoms with Gasteiger partial charge in [0.25, 0.3) is 0 Å².